The van der Waals surface area contributed by atoms with E-state index >= 15 is 0 Å². The topological polar surface area (TPSA) is 64.3 Å². The van der Waals surface area contributed by atoms with Gasteiger partial charge in [-0.05, 0) is 24.6 Å². The molecule has 0 saturated heterocycles. The maximum atomic E-state index is 12.1. The van der Waals surface area contributed by atoms with E-state index in [0.29, 0.717) is 18.7 Å². The van der Waals surface area contributed by atoms with E-state index in [2.05, 4.69) is 17.2 Å². The van der Waals surface area contributed by atoms with Crippen molar-refractivity contribution in [3.8, 4) is 11.8 Å². The minimum Gasteiger partial charge on any atom is -0.383 e. The quantitative estimate of drug-likeness (QED) is 0.781. The van der Waals surface area contributed by atoms with Crippen LogP contribution in [0.25, 0.3) is 0 Å². The molecule has 1 amide bonds. The summed E-state index contributed by atoms with van der Waals surface area (Å²) >= 11 is 0. The van der Waals surface area contributed by atoms with Crippen LogP contribution < -0.4 is 11.1 Å². The Bertz CT molecular complexity index is 475. The van der Waals surface area contributed by atoms with Crippen LogP contribution in [0.2, 0.25) is 0 Å². The Morgan fingerprint density at radius 1 is 1.53 bits per heavy atom. The monoisotopic (exact) mass is 260 g/mol. The third kappa shape index (κ3) is 5.12. The molecule has 19 heavy (non-hydrogen) atoms. The average molecular weight is 260 g/mol. The molecule has 1 atom stereocenters. The highest BCUT2D eigenvalue weighted by atomic mass is 16.5. The fourth-order valence-corrected chi connectivity index (χ4v) is 1.62. The Morgan fingerprint density at radius 2 is 2.32 bits per heavy atom. The Kier molecular flexibility index (Phi) is 6.65. The highest BCUT2D eigenvalue weighted by Crippen LogP contribution is 2.05. The molecule has 4 heteroatoms. The molecule has 3 N–H and O–H groups in total. The highest BCUT2D eigenvalue weighted by molar-refractivity contribution is 5.94. The SMILES string of the molecule is CCC(COC)NC(=O)c1cccc(C#CCN)c1. The van der Waals surface area contributed by atoms with Crippen LogP contribution in [0.15, 0.2) is 24.3 Å². The van der Waals surface area contributed by atoms with Gasteiger partial charge in [-0.25, -0.2) is 0 Å². The number of carbonyl (C=O) groups is 1. The van der Waals surface area contributed by atoms with Crippen LogP contribution in [0, 0.1) is 11.8 Å². The van der Waals surface area contributed by atoms with Gasteiger partial charge in [0.1, 0.15) is 0 Å². The van der Waals surface area contributed by atoms with Gasteiger partial charge in [-0.15, -0.1) is 0 Å². The van der Waals surface area contributed by atoms with Gasteiger partial charge in [0.2, 0.25) is 0 Å². The molecule has 0 spiro atoms. The predicted molar refractivity (Wildman–Crippen MR) is 75.8 cm³/mol. The van der Waals surface area contributed by atoms with E-state index in [1.54, 1.807) is 19.2 Å². The lowest BCUT2D eigenvalue weighted by molar-refractivity contribution is 0.0894. The lowest BCUT2D eigenvalue weighted by atomic mass is 10.1. The minimum absolute atomic E-state index is 0.0243. The standard InChI is InChI=1S/C15H20N2O2/c1-3-14(11-19-2)17-15(18)13-8-4-6-12(10-13)7-5-9-16/h4,6,8,10,14H,3,9,11,16H2,1-2H3,(H,17,18). The first-order valence-electron chi connectivity index (χ1n) is 6.30. The number of nitrogens with one attached hydrogen (secondary N) is 1. The number of amides is 1. The third-order valence-electron chi connectivity index (χ3n) is 2.66. The van der Waals surface area contributed by atoms with Crippen LogP contribution >= 0.6 is 0 Å². The van der Waals surface area contributed by atoms with Crippen molar-refractivity contribution in [1.29, 1.82) is 0 Å². The second-order valence-electron chi connectivity index (χ2n) is 4.12. The average Bonchev–Trinajstić information content (AvgIpc) is 2.44. The largest absolute Gasteiger partial charge is 0.383 e. The summed E-state index contributed by atoms with van der Waals surface area (Å²) in [5.74, 6) is 5.57. The van der Waals surface area contributed by atoms with Crippen molar-refractivity contribution in [2.75, 3.05) is 20.3 Å². The lowest BCUT2D eigenvalue weighted by Gasteiger charge is -2.15. The minimum atomic E-state index is -0.111. The van der Waals surface area contributed by atoms with Gasteiger partial charge in [0, 0.05) is 18.2 Å². The van der Waals surface area contributed by atoms with Gasteiger partial charge in [-0.1, -0.05) is 24.8 Å². The van der Waals surface area contributed by atoms with Gasteiger partial charge in [-0.2, -0.15) is 0 Å². The first kappa shape index (κ1) is 15.2. The van der Waals surface area contributed by atoms with E-state index in [1.807, 2.05) is 19.1 Å². The summed E-state index contributed by atoms with van der Waals surface area (Å²) in [6.45, 7) is 2.82. The van der Waals surface area contributed by atoms with Crippen molar-refractivity contribution in [2.45, 2.75) is 19.4 Å². The van der Waals surface area contributed by atoms with Crippen molar-refractivity contribution in [2.24, 2.45) is 5.73 Å². The Morgan fingerprint density at radius 3 is 2.95 bits per heavy atom. The van der Waals surface area contributed by atoms with E-state index in [4.69, 9.17) is 10.5 Å². The Balaban J connectivity index is 2.76. The Hall–Kier alpha value is -1.83. The molecule has 0 radical (unpaired) electrons. The highest BCUT2D eigenvalue weighted by Gasteiger charge is 2.11. The molecule has 0 aliphatic carbocycles. The van der Waals surface area contributed by atoms with E-state index in [1.165, 1.54) is 0 Å². The zero-order chi connectivity index (χ0) is 14.1. The van der Waals surface area contributed by atoms with Crippen LogP contribution in [0.5, 0.6) is 0 Å². The first-order chi connectivity index (χ1) is 9.21. The van der Waals surface area contributed by atoms with Gasteiger partial charge in [0.05, 0.1) is 19.2 Å². The fourth-order valence-electron chi connectivity index (χ4n) is 1.62. The van der Waals surface area contributed by atoms with Crippen molar-refractivity contribution in [1.82, 2.24) is 5.32 Å². The molecule has 0 aromatic heterocycles. The molecule has 1 unspecified atom stereocenters. The third-order valence-corrected chi connectivity index (χ3v) is 2.66. The number of hydrogen-bond acceptors (Lipinski definition) is 3. The predicted octanol–water partition coefficient (Wildman–Crippen LogP) is 1.15. The normalized spacial score (nSPS) is 11.3. The molecule has 0 bridgehead atoms. The number of ether oxygens (including phenoxy) is 1. The summed E-state index contributed by atoms with van der Waals surface area (Å²) in [4.78, 5) is 12.1. The molecule has 102 valence electrons. The van der Waals surface area contributed by atoms with Gasteiger partial charge < -0.3 is 15.8 Å². The summed E-state index contributed by atoms with van der Waals surface area (Å²) in [6.07, 6.45) is 0.826. The maximum absolute atomic E-state index is 12.1. The van der Waals surface area contributed by atoms with Crippen LogP contribution in [0.1, 0.15) is 29.3 Å². The van der Waals surface area contributed by atoms with Crippen LogP contribution in [0.3, 0.4) is 0 Å². The number of carbonyl (C=O) groups excluding carboxylic acids is 1. The fraction of sp³-hybridized carbons (Fsp3) is 0.400. The molecule has 1 aromatic carbocycles. The van der Waals surface area contributed by atoms with Crippen LogP contribution in [-0.4, -0.2) is 32.2 Å². The van der Waals surface area contributed by atoms with Gasteiger partial charge in [0.25, 0.3) is 5.91 Å². The van der Waals surface area contributed by atoms with E-state index in [-0.39, 0.29) is 11.9 Å². The number of rotatable bonds is 5. The van der Waals surface area contributed by atoms with E-state index in [9.17, 15) is 4.79 Å². The number of hydrogen-bond donors (Lipinski definition) is 2. The molecular weight excluding hydrogens is 240 g/mol. The summed E-state index contributed by atoms with van der Waals surface area (Å²) in [5, 5.41) is 2.93. The molecule has 0 saturated carbocycles. The molecule has 4 nitrogen and oxygen atoms in total. The second kappa shape index (κ2) is 8.30. The lowest BCUT2D eigenvalue weighted by Crippen LogP contribution is -2.37. The summed E-state index contributed by atoms with van der Waals surface area (Å²) in [6, 6.07) is 7.22. The second-order valence-corrected chi connectivity index (χ2v) is 4.12. The number of benzene rings is 1. The van der Waals surface area contributed by atoms with Crippen molar-refractivity contribution in [3.63, 3.8) is 0 Å². The Labute approximate surface area is 114 Å². The summed E-state index contributed by atoms with van der Waals surface area (Å²) < 4.78 is 5.06. The first-order valence-corrected chi connectivity index (χ1v) is 6.30. The van der Waals surface area contributed by atoms with Gasteiger partial charge in [-0.3, -0.25) is 4.79 Å². The molecule has 1 rings (SSSR count). The van der Waals surface area contributed by atoms with Gasteiger partial charge >= 0.3 is 0 Å². The molecule has 0 fully saturated rings. The summed E-state index contributed by atoms with van der Waals surface area (Å²) in [5.41, 5.74) is 6.71. The molecule has 0 aliphatic heterocycles. The zero-order valence-corrected chi connectivity index (χ0v) is 11.4. The van der Waals surface area contributed by atoms with Crippen LogP contribution in [-0.2, 0) is 4.74 Å². The number of methoxy groups -OCH3 is 1. The number of nitrogens with two attached hydrogens (primary N) is 1. The zero-order valence-electron chi connectivity index (χ0n) is 11.4. The van der Waals surface area contributed by atoms with E-state index in [0.717, 1.165) is 12.0 Å². The smallest absolute Gasteiger partial charge is 0.251 e. The molecule has 0 heterocycles. The van der Waals surface area contributed by atoms with Gasteiger partial charge in [0.15, 0.2) is 0 Å². The van der Waals surface area contributed by atoms with Crippen molar-refractivity contribution >= 4 is 5.91 Å². The summed E-state index contributed by atoms with van der Waals surface area (Å²) in [7, 11) is 1.62. The molecule has 1 aromatic rings. The molecule has 0 aliphatic rings. The van der Waals surface area contributed by atoms with Crippen LogP contribution in [0.4, 0.5) is 0 Å². The van der Waals surface area contributed by atoms with Crippen molar-refractivity contribution < 1.29 is 9.53 Å². The van der Waals surface area contributed by atoms with E-state index < -0.39 is 0 Å². The maximum Gasteiger partial charge on any atom is 0.251 e. The molecular formula is C15H20N2O2. The van der Waals surface area contributed by atoms with Crippen molar-refractivity contribution in [3.05, 3.63) is 35.4 Å².